The summed E-state index contributed by atoms with van der Waals surface area (Å²) in [5, 5.41) is 2.58. The second-order valence-electron chi connectivity index (χ2n) is 4.09. The summed E-state index contributed by atoms with van der Waals surface area (Å²) in [6.07, 6.45) is -1.09. The topological polar surface area (TPSA) is 64.3 Å². The number of carbonyl (C=O) groups excluding carboxylic acids is 1. The highest BCUT2D eigenvalue weighted by molar-refractivity contribution is 5.67. The number of amides is 1. The Kier molecular flexibility index (Phi) is 4.53. The van der Waals surface area contributed by atoms with Gasteiger partial charge in [0.15, 0.2) is 0 Å². The van der Waals surface area contributed by atoms with E-state index in [1.807, 2.05) is 60.7 Å². The molecule has 1 amide bonds. The summed E-state index contributed by atoms with van der Waals surface area (Å²) in [5.74, 6) is 0. The molecule has 0 aliphatic heterocycles. The van der Waals surface area contributed by atoms with E-state index in [-0.39, 0.29) is 6.61 Å². The highest BCUT2D eigenvalue weighted by Crippen LogP contribution is 2.07. The third kappa shape index (κ3) is 4.12. The largest absolute Gasteiger partial charge is 0.445 e. The average molecular weight is 256 g/mol. The van der Waals surface area contributed by atoms with Crippen molar-refractivity contribution in [1.82, 2.24) is 5.32 Å². The molecule has 3 N–H and O–H groups in total. The molecule has 2 rings (SSSR count). The fourth-order valence-electron chi connectivity index (χ4n) is 1.64. The summed E-state index contributed by atoms with van der Waals surface area (Å²) in [6, 6.07) is 18.8. The molecule has 0 aromatic heterocycles. The normalized spacial score (nSPS) is 11.6. The van der Waals surface area contributed by atoms with Gasteiger partial charge in [-0.1, -0.05) is 60.7 Å². The predicted octanol–water partition coefficient (Wildman–Crippen LogP) is 2.57. The van der Waals surface area contributed by atoms with Gasteiger partial charge in [-0.05, 0) is 11.1 Å². The van der Waals surface area contributed by atoms with Crippen LogP contribution in [0.25, 0.3) is 0 Å². The third-order valence-corrected chi connectivity index (χ3v) is 2.64. The van der Waals surface area contributed by atoms with Crippen LogP contribution in [0.15, 0.2) is 60.7 Å². The molecule has 0 heterocycles. The van der Waals surface area contributed by atoms with Crippen molar-refractivity contribution in [2.75, 3.05) is 0 Å². The lowest BCUT2D eigenvalue weighted by molar-refractivity contribution is 0.136. The Morgan fingerprint density at radius 3 is 2.26 bits per heavy atom. The van der Waals surface area contributed by atoms with E-state index in [9.17, 15) is 4.79 Å². The van der Waals surface area contributed by atoms with E-state index in [2.05, 4.69) is 5.32 Å². The first-order valence-corrected chi connectivity index (χ1v) is 6.03. The van der Waals surface area contributed by atoms with E-state index in [0.29, 0.717) is 0 Å². The van der Waals surface area contributed by atoms with Crippen LogP contribution >= 0.6 is 0 Å². The zero-order chi connectivity index (χ0) is 13.5. The Morgan fingerprint density at radius 1 is 1.05 bits per heavy atom. The number of hydrogen-bond donors (Lipinski definition) is 2. The third-order valence-electron chi connectivity index (χ3n) is 2.64. The molecule has 0 bridgehead atoms. The standard InChI is InChI=1S/C15H16N2O2/c16-14(13-9-5-2-6-10-13)17-15(18)19-11-12-7-3-1-4-8-12/h1-10,14H,11,16H2,(H,17,18). The summed E-state index contributed by atoms with van der Waals surface area (Å²) in [4.78, 5) is 11.6. The highest BCUT2D eigenvalue weighted by atomic mass is 16.5. The van der Waals surface area contributed by atoms with E-state index in [0.717, 1.165) is 11.1 Å². The van der Waals surface area contributed by atoms with Crippen molar-refractivity contribution in [1.29, 1.82) is 0 Å². The molecule has 4 heteroatoms. The van der Waals surface area contributed by atoms with Crippen LogP contribution in [0, 0.1) is 0 Å². The smallest absolute Gasteiger partial charge is 0.408 e. The van der Waals surface area contributed by atoms with Gasteiger partial charge in [0.25, 0.3) is 0 Å². The second-order valence-corrected chi connectivity index (χ2v) is 4.09. The van der Waals surface area contributed by atoms with Crippen molar-refractivity contribution in [3.63, 3.8) is 0 Å². The van der Waals surface area contributed by atoms with Crippen molar-refractivity contribution in [2.24, 2.45) is 5.73 Å². The first kappa shape index (κ1) is 13.1. The van der Waals surface area contributed by atoms with Crippen molar-refractivity contribution < 1.29 is 9.53 Å². The van der Waals surface area contributed by atoms with E-state index < -0.39 is 12.3 Å². The van der Waals surface area contributed by atoms with Crippen LogP contribution in [0.4, 0.5) is 4.79 Å². The Balaban J connectivity index is 1.82. The molecule has 0 radical (unpaired) electrons. The molecule has 0 aliphatic rings. The Bertz CT molecular complexity index is 514. The minimum Gasteiger partial charge on any atom is -0.445 e. The number of alkyl carbamates (subject to hydrolysis) is 1. The molecule has 0 spiro atoms. The van der Waals surface area contributed by atoms with Gasteiger partial charge in [0, 0.05) is 0 Å². The number of carbonyl (C=O) groups is 1. The molecule has 98 valence electrons. The van der Waals surface area contributed by atoms with Crippen LogP contribution in [-0.4, -0.2) is 6.09 Å². The predicted molar refractivity (Wildman–Crippen MR) is 73.1 cm³/mol. The Hall–Kier alpha value is -2.33. The maximum atomic E-state index is 11.6. The molecule has 0 saturated heterocycles. The molecule has 2 aromatic rings. The maximum absolute atomic E-state index is 11.6. The van der Waals surface area contributed by atoms with E-state index in [1.54, 1.807) is 0 Å². The Labute approximate surface area is 112 Å². The number of hydrogen-bond acceptors (Lipinski definition) is 3. The lowest BCUT2D eigenvalue weighted by Gasteiger charge is -2.14. The fourth-order valence-corrected chi connectivity index (χ4v) is 1.64. The Morgan fingerprint density at radius 2 is 1.63 bits per heavy atom. The van der Waals surface area contributed by atoms with Gasteiger partial charge < -0.3 is 15.8 Å². The molecule has 19 heavy (non-hydrogen) atoms. The first-order valence-electron chi connectivity index (χ1n) is 6.03. The number of ether oxygens (including phenoxy) is 1. The lowest BCUT2D eigenvalue weighted by atomic mass is 10.2. The number of benzene rings is 2. The maximum Gasteiger partial charge on any atom is 0.408 e. The van der Waals surface area contributed by atoms with Crippen LogP contribution in [-0.2, 0) is 11.3 Å². The second kappa shape index (κ2) is 6.56. The zero-order valence-electron chi connectivity index (χ0n) is 10.5. The van der Waals surface area contributed by atoms with Crippen LogP contribution < -0.4 is 11.1 Å². The monoisotopic (exact) mass is 256 g/mol. The molecule has 1 unspecified atom stereocenters. The summed E-state index contributed by atoms with van der Waals surface area (Å²) >= 11 is 0. The van der Waals surface area contributed by atoms with Crippen LogP contribution in [0.5, 0.6) is 0 Å². The average Bonchev–Trinajstić information content (AvgIpc) is 2.47. The molecule has 4 nitrogen and oxygen atoms in total. The molecule has 0 saturated carbocycles. The molecular weight excluding hydrogens is 240 g/mol. The van der Waals surface area contributed by atoms with Gasteiger partial charge in [0.2, 0.25) is 0 Å². The van der Waals surface area contributed by atoms with Crippen molar-refractivity contribution in [2.45, 2.75) is 12.8 Å². The van der Waals surface area contributed by atoms with Crippen molar-refractivity contribution in [3.05, 3.63) is 71.8 Å². The first-order chi connectivity index (χ1) is 9.25. The number of nitrogens with two attached hydrogens (primary N) is 1. The number of nitrogens with one attached hydrogen (secondary N) is 1. The number of rotatable bonds is 4. The van der Waals surface area contributed by atoms with E-state index in [1.165, 1.54) is 0 Å². The molecule has 1 atom stereocenters. The quantitative estimate of drug-likeness (QED) is 0.826. The lowest BCUT2D eigenvalue weighted by Crippen LogP contribution is -2.34. The van der Waals surface area contributed by atoms with Crippen LogP contribution in [0.2, 0.25) is 0 Å². The van der Waals surface area contributed by atoms with Crippen molar-refractivity contribution in [3.8, 4) is 0 Å². The van der Waals surface area contributed by atoms with Gasteiger partial charge in [0.05, 0.1) is 0 Å². The van der Waals surface area contributed by atoms with Gasteiger partial charge in [-0.2, -0.15) is 0 Å². The molecule has 0 aliphatic carbocycles. The van der Waals surface area contributed by atoms with Crippen molar-refractivity contribution >= 4 is 6.09 Å². The molecular formula is C15H16N2O2. The van der Waals surface area contributed by atoms with E-state index in [4.69, 9.17) is 10.5 Å². The van der Waals surface area contributed by atoms with Gasteiger partial charge in [-0.3, -0.25) is 0 Å². The summed E-state index contributed by atoms with van der Waals surface area (Å²) < 4.78 is 5.09. The fraction of sp³-hybridized carbons (Fsp3) is 0.133. The highest BCUT2D eigenvalue weighted by Gasteiger charge is 2.10. The van der Waals surface area contributed by atoms with Gasteiger partial charge >= 0.3 is 6.09 Å². The summed E-state index contributed by atoms with van der Waals surface area (Å²) in [6.45, 7) is 0.230. The summed E-state index contributed by atoms with van der Waals surface area (Å²) in [5.41, 5.74) is 7.62. The SMILES string of the molecule is NC(NC(=O)OCc1ccccc1)c1ccccc1. The molecule has 0 fully saturated rings. The van der Waals surface area contributed by atoms with Gasteiger partial charge in [-0.15, -0.1) is 0 Å². The van der Waals surface area contributed by atoms with Crippen LogP contribution in [0.3, 0.4) is 0 Å². The molecule has 2 aromatic carbocycles. The summed E-state index contributed by atoms with van der Waals surface area (Å²) in [7, 11) is 0. The van der Waals surface area contributed by atoms with E-state index >= 15 is 0 Å². The minimum atomic E-state index is -0.565. The zero-order valence-corrected chi connectivity index (χ0v) is 10.5. The van der Waals surface area contributed by atoms with Gasteiger partial charge in [-0.25, -0.2) is 4.79 Å². The van der Waals surface area contributed by atoms with Crippen LogP contribution in [0.1, 0.15) is 17.3 Å². The minimum absolute atomic E-state index is 0.230. The van der Waals surface area contributed by atoms with Gasteiger partial charge in [0.1, 0.15) is 12.8 Å².